The molecule has 0 saturated carbocycles. The Morgan fingerprint density at radius 2 is 0.780 bits per heavy atom. The normalized spacial score (nSPS) is 11.2. The van der Waals surface area contributed by atoms with E-state index in [-0.39, 0.29) is 31.3 Å². The number of carbonyl (C=O) groups excluding carboxylic acids is 2. The number of aliphatic carboxylic acids is 1. The lowest BCUT2D eigenvalue weighted by atomic mass is 10.2. The lowest BCUT2D eigenvalue weighted by Crippen LogP contribution is -2.25. The third kappa shape index (κ3) is 42.2. The standard InChI is InChI=1S/C34H65NO15/c1-2-3-4-5-7-34(39)50-31-30-49-29-28-48-27-26-47-25-24-46-23-22-45-21-20-44-19-18-43-17-16-42-15-14-41-13-12-40-11-6-10-35-32(36)8-9-33(37)38/h2-31H2,1H3,(H,35,36)(H,37,38). The van der Waals surface area contributed by atoms with Crippen molar-refractivity contribution < 1.29 is 71.6 Å². The van der Waals surface area contributed by atoms with E-state index >= 15 is 0 Å². The Hall–Kier alpha value is -1.99. The van der Waals surface area contributed by atoms with Gasteiger partial charge in [0, 0.05) is 26.0 Å². The molecular weight excluding hydrogens is 662 g/mol. The summed E-state index contributed by atoms with van der Waals surface area (Å²) in [5.74, 6) is -1.41. The topological polar surface area (TPSA) is 185 Å². The highest BCUT2D eigenvalue weighted by atomic mass is 16.6. The van der Waals surface area contributed by atoms with Gasteiger partial charge in [0.05, 0.1) is 132 Å². The summed E-state index contributed by atoms with van der Waals surface area (Å²) in [6, 6.07) is 0. The number of hydrogen-bond donors (Lipinski definition) is 2. The summed E-state index contributed by atoms with van der Waals surface area (Å²) in [4.78, 5) is 33.3. The molecule has 0 aromatic heterocycles. The van der Waals surface area contributed by atoms with Crippen molar-refractivity contribution in [2.24, 2.45) is 0 Å². The van der Waals surface area contributed by atoms with Gasteiger partial charge in [-0.25, -0.2) is 0 Å². The fraction of sp³-hybridized carbons (Fsp3) is 0.912. The molecule has 0 aromatic rings. The molecule has 16 nitrogen and oxygen atoms in total. The minimum atomic E-state index is -0.985. The molecule has 0 atom stereocenters. The molecule has 0 fully saturated rings. The van der Waals surface area contributed by atoms with Gasteiger partial charge in [0.2, 0.25) is 5.91 Å². The summed E-state index contributed by atoms with van der Waals surface area (Å²) in [5, 5.41) is 11.2. The molecule has 0 spiro atoms. The number of ether oxygens (including phenoxy) is 11. The number of amides is 1. The number of hydrogen-bond acceptors (Lipinski definition) is 14. The summed E-state index contributed by atoms with van der Waals surface area (Å²) >= 11 is 0. The van der Waals surface area contributed by atoms with E-state index < -0.39 is 5.97 Å². The van der Waals surface area contributed by atoms with Crippen LogP contribution in [0.25, 0.3) is 0 Å². The SMILES string of the molecule is CCCCCCC(=O)OCCOCCOCCOCCOCCOCCOCCOCCOCCOCCOCCCNC(=O)CCC(=O)O. The van der Waals surface area contributed by atoms with Crippen molar-refractivity contribution in [3.05, 3.63) is 0 Å². The van der Waals surface area contributed by atoms with Crippen LogP contribution in [0.1, 0.15) is 58.3 Å². The van der Waals surface area contributed by atoms with Gasteiger partial charge in [-0.1, -0.05) is 26.2 Å². The number of carbonyl (C=O) groups is 3. The summed E-state index contributed by atoms with van der Waals surface area (Å²) in [6.07, 6.45) is 5.20. The maximum absolute atomic E-state index is 11.5. The molecule has 0 aromatic carbocycles. The third-order valence-electron chi connectivity index (χ3n) is 6.43. The molecule has 0 aliphatic carbocycles. The van der Waals surface area contributed by atoms with Crippen LogP contribution in [-0.4, -0.2) is 168 Å². The average Bonchev–Trinajstić information content (AvgIpc) is 3.10. The van der Waals surface area contributed by atoms with Gasteiger partial charge in [0.25, 0.3) is 0 Å². The van der Waals surface area contributed by atoms with E-state index in [1.54, 1.807) is 0 Å². The molecule has 2 N–H and O–H groups in total. The van der Waals surface area contributed by atoms with E-state index in [1.165, 1.54) is 0 Å². The first-order valence-corrected chi connectivity index (χ1v) is 18.0. The van der Waals surface area contributed by atoms with Crippen molar-refractivity contribution in [2.45, 2.75) is 58.3 Å². The number of rotatable bonds is 42. The molecule has 16 heteroatoms. The number of carboxylic acids is 1. The number of esters is 1. The largest absolute Gasteiger partial charge is 0.481 e. The molecule has 0 bridgehead atoms. The Morgan fingerprint density at radius 3 is 1.14 bits per heavy atom. The Balaban J connectivity index is 3.12. The van der Waals surface area contributed by atoms with Gasteiger partial charge in [0.15, 0.2) is 0 Å². The van der Waals surface area contributed by atoms with E-state index in [4.69, 9.17) is 57.2 Å². The van der Waals surface area contributed by atoms with Gasteiger partial charge < -0.3 is 62.5 Å². The first kappa shape index (κ1) is 48.0. The molecule has 0 aliphatic rings. The van der Waals surface area contributed by atoms with Crippen molar-refractivity contribution in [2.75, 3.05) is 145 Å². The van der Waals surface area contributed by atoms with E-state index in [0.29, 0.717) is 152 Å². The van der Waals surface area contributed by atoms with Crippen LogP contribution in [0, 0.1) is 0 Å². The predicted octanol–water partition coefficient (Wildman–Crippen LogP) is 2.04. The highest BCUT2D eigenvalue weighted by Gasteiger charge is 2.04. The Morgan fingerprint density at radius 1 is 0.420 bits per heavy atom. The predicted molar refractivity (Wildman–Crippen MR) is 182 cm³/mol. The lowest BCUT2D eigenvalue weighted by Gasteiger charge is -2.09. The smallest absolute Gasteiger partial charge is 0.305 e. The van der Waals surface area contributed by atoms with Crippen LogP contribution < -0.4 is 5.32 Å². The highest BCUT2D eigenvalue weighted by Crippen LogP contribution is 2.03. The zero-order chi connectivity index (χ0) is 36.4. The summed E-state index contributed by atoms with van der Waals surface area (Å²) < 4.78 is 59.6. The molecule has 0 unspecified atom stereocenters. The molecule has 296 valence electrons. The van der Waals surface area contributed by atoms with Crippen LogP contribution in [0.15, 0.2) is 0 Å². The fourth-order valence-electron chi connectivity index (χ4n) is 3.77. The Labute approximate surface area is 298 Å². The maximum atomic E-state index is 11.5. The van der Waals surface area contributed by atoms with Gasteiger partial charge in [-0.2, -0.15) is 0 Å². The van der Waals surface area contributed by atoms with Gasteiger partial charge in [-0.3, -0.25) is 14.4 Å². The van der Waals surface area contributed by atoms with Crippen LogP contribution in [0.2, 0.25) is 0 Å². The van der Waals surface area contributed by atoms with Crippen LogP contribution in [0.3, 0.4) is 0 Å². The monoisotopic (exact) mass is 727 g/mol. The second-order valence-electron chi connectivity index (χ2n) is 10.8. The quantitative estimate of drug-likeness (QED) is 0.0687. The molecule has 0 saturated heterocycles. The zero-order valence-corrected chi connectivity index (χ0v) is 30.4. The van der Waals surface area contributed by atoms with Crippen molar-refractivity contribution in [1.29, 1.82) is 0 Å². The van der Waals surface area contributed by atoms with E-state index in [0.717, 1.165) is 25.7 Å². The molecule has 0 heterocycles. The number of nitrogens with one attached hydrogen (secondary N) is 1. The summed E-state index contributed by atoms with van der Waals surface area (Å²) in [6.45, 7) is 12.2. The van der Waals surface area contributed by atoms with Gasteiger partial charge in [-0.05, 0) is 12.8 Å². The highest BCUT2D eigenvalue weighted by molar-refractivity contribution is 5.80. The second kappa shape index (κ2) is 41.4. The number of unbranched alkanes of at least 4 members (excludes halogenated alkanes) is 3. The minimum Gasteiger partial charge on any atom is -0.481 e. The van der Waals surface area contributed by atoms with E-state index in [1.807, 2.05) is 0 Å². The summed E-state index contributed by atoms with van der Waals surface area (Å²) in [5.41, 5.74) is 0. The Bertz CT molecular complexity index is 747. The molecule has 0 rings (SSSR count). The van der Waals surface area contributed by atoms with Crippen LogP contribution in [0.5, 0.6) is 0 Å². The zero-order valence-electron chi connectivity index (χ0n) is 30.4. The van der Waals surface area contributed by atoms with Gasteiger partial charge in [-0.15, -0.1) is 0 Å². The maximum Gasteiger partial charge on any atom is 0.305 e. The van der Waals surface area contributed by atoms with E-state index in [2.05, 4.69) is 12.2 Å². The lowest BCUT2D eigenvalue weighted by molar-refractivity contribution is -0.145. The molecule has 0 aliphatic heterocycles. The van der Waals surface area contributed by atoms with Crippen molar-refractivity contribution in [3.63, 3.8) is 0 Å². The first-order chi connectivity index (χ1) is 24.6. The molecule has 0 radical (unpaired) electrons. The van der Waals surface area contributed by atoms with E-state index in [9.17, 15) is 14.4 Å². The van der Waals surface area contributed by atoms with Crippen molar-refractivity contribution >= 4 is 17.8 Å². The average molecular weight is 728 g/mol. The summed E-state index contributed by atoms with van der Waals surface area (Å²) in [7, 11) is 0. The molecule has 1 amide bonds. The number of carboxylic acid groups (broad SMARTS) is 1. The van der Waals surface area contributed by atoms with Gasteiger partial charge in [0.1, 0.15) is 6.61 Å². The van der Waals surface area contributed by atoms with Crippen molar-refractivity contribution in [3.8, 4) is 0 Å². The fourth-order valence-corrected chi connectivity index (χ4v) is 3.77. The molecular formula is C34H65NO15. The first-order valence-electron chi connectivity index (χ1n) is 18.0. The third-order valence-corrected chi connectivity index (χ3v) is 6.43. The van der Waals surface area contributed by atoms with Crippen LogP contribution in [-0.2, 0) is 66.5 Å². The van der Waals surface area contributed by atoms with Gasteiger partial charge >= 0.3 is 11.9 Å². The van der Waals surface area contributed by atoms with Crippen LogP contribution >= 0.6 is 0 Å². The second-order valence-corrected chi connectivity index (χ2v) is 10.8. The Kier molecular flexibility index (Phi) is 39.8. The minimum absolute atomic E-state index is 0.0126. The molecule has 50 heavy (non-hydrogen) atoms. The van der Waals surface area contributed by atoms with Crippen molar-refractivity contribution in [1.82, 2.24) is 5.32 Å². The van der Waals surface area contributed by atoms with Crippen LogP contribution in [0.4, 0.5) is 0 Å².